The van der Waals surface area contributed by atoms with Gasteiger partial charge in [0.05, 0.1) is 0 Å². The summed E-state index contributed by atoms with van der Waals surface area (Å²) in [5.41, 5.74) is 1.11. The lowest BCUT2D eigenvalue weighted by atomic mass is 9.82. The minimum Gasteiger partial charge on any atom is -0.508 e. The van der Waals surface area contributed by atoms with Crippen molar-refractivity contribution < 1.29 is 10.2 Å². The van der Waals surface area contributed by atoms with Gasteiger partial charge in [-0.25, -0.2) is 0 Å². The highest BCUT2D eigenvalue weighted by atomic mass is 16.3. The van der Waals surface area contributed by atoms with Gasteiger partial charge >= 0.3 is 0 Å². The number of hydrogen-bond acceptors (Lipinski definition) is 2. The number of rotatable bonds is 3. The lowest BCUT2D eigenvalue weighted by molar-refractivity contribution is 0.252. The van der Waals surface area contributed by atoms with Crippen LogP contribution in [-0.4, -0.2) is 16.8 Å². The Balaban J connectivity index is 2.87. The lowest BCUT2D eigenvalue weighted by Crippen LogP contribution is -2.18. The van der Waals surface area contributed by atoms with Gasteiger partial charge in [0.25, 0.3) is 0 Å². The maximum absolute atomic E-state index is 9.10. The van der Waals surface area contributed by atoms with E-state index >= 15 is 0 Å². The SMILES string of the molecule is CC(C)(CCO)c1ccc(O)cc1. The predicted molar refractivity (Wildman–Crippen MR) is 52.8 cm³/mol. The molecule has 1 aromatic rings. The molecule has 0 aliphatic carbocycles. The first kappa shape index (κ1) is 10.1. The molecule has 0 amide bonds. The number of phenolic OH excluding ortho intramolecular Hbond substituents is 1. The molecule has 0 aromatic heterocycles. The summed E-state index contributed by atoms with van der Waals surface area (Å²) in [5, 5.41) is 18.0. The molecule has 2 N–H and O–H groups in total. The molecule has 0 radical (unpaired) electrons. The minimum absolute atomic E-state index is 0.0253. The Bertz CT molecular complexity index is 262. The Morgan fingerprint density at radius 1 is 1.15 bits per heavy atom. The van der Waals surface area contributed by atoms with Gasteiger partial charge in [-0.05, 0) is 29.5 Å². The number of aromatic hydroxyl groups is 1. The molecule has 0 fully saturated rings. The zero-order valence-electron chi connectivity index (χ0n) is 8.12. The number of aliphatic hydroxyl groups is 1. The standard InChI is InChI=1S/C11H16O2/c1-11(2,7-8-12)9-3-5-10(13)6-4-9/h3-6,12-13H,7-8H2,1-2H3. The summed E-state index contributed by atoms with van der Waals surface area (Å²) in [6.07, 6.45) is 0.734. The van der Waals surface area contributed by atoms with Crippen LogP contribution in [0, 0.1) is 0 Å². The fraction of sp³-hybridized carbons (Fsp3) is 0.455. The molecule has 0 atom stereocenters. The second-order valence-electron chi connectivity index (χ2n) is 3.90. The topological polar surface area (TPSA) is 40.5 Å². The molecule has 1 aromatic carbocycles. The molecule has 0 unspecified atom stereocenters. The van der Waals surface area contributed by atoms with Crippen molar-refractivity contribution in [2.45, 2.75) is 25.7 Å². The van der Waals surface area contributed by atoms with E-state index in [2.05, 4.69) is 13.8 Å². The molecular weight excluding hydrogens is 164 g/mol. The fourth-order valence-corrected chi connectivity index (χ4v) is 1.34. The molecule has 0 aliphatic heterocycles. The van der Waals surface area contributed by atoms with Crippen LogP contribution in [0.2, 0.25) is 0 Å². The Labute approximate surface area is 78.8 Å². The normalized spacial score (nSPS) is 11.6. The molecular formula is C11H16O2. The van der Waals surface area contributed by atoms with Gasteiger partial charge in [0.15, 0.2) is 0 Å². The summed E-state index contributed by atoms with van der Waals surface area (Å²) in [7, 11) is 0. The third-order valence-corrected chi connectivity index (χ3v) is 2.39. The predicted octanol–water partition coefficient (Wildman–Crippen LogP) is 2.05. The lowest BCUT2D eigenvalue weighted by Gasteiger charge is -2.24. The van der Waals surface area contributed by atoms with Gasteiger partial charge in [-0.1, -0.05) is 26.0 Å². The van der Waals surface area contributed by atoms with Gasteiger partial charge in [-0.15, -0.1) is 0 Å². The van der Waals surface area contributed by atoms with E-state index in [1.165, 1.54) is 0 Å². The second-order valence-corrected chi connectivity index (χ2v) is 3.90. The monoisotopic (exact) mass is 180 g/mol. The fourth-order valence-electron chi connectivity index (χ4n) is 1.34. The molecule has 0 spiro atoms. The molecule has 13 heavy (non-hydrogen) atoms. The largest absolute Gasteiger partial charge is 0.508 e. The minimum atomic E-state index is -0.0253. The van der Waals surface area contributed by atoms with Crippen molar-refractivity contribution in [3.63, 3.8) is 0 Å². The van der Waals surface area contributed by atoms with E-state index in [0.29, 0.717) is 0 Å². The van der Waals surface area contributed by atoms with Crippen molar-refractivity contribution in [2.75, 3.05) is 6.61 Å². The third-order valence-electron chi connectivity index (χ3n) is 2.39. The Morgan fingerprint density at radius 2 is 1.69 bits per heavy atom. The average Bonchev–Trinajstić information content (AvgIpc) is 2.05. The zero-order chi connectivity index (χ0) is 9.90. The van der Waals surface area contributed by atoms with Crippen LogP contribution in [-0.2, 0) is 5.41 Å². The van der Waals surface area contributed by atoms with Gasteiger partial charge in [0.1, 0.15) is 5.75 Å². The molecule has 1 rings (SSSR count). The maximum atomic E-state index is 9.10. The zero-order valence-corrected chi connectivity index (χ0v) is 8.12. The van der Waals surface area contributed by atoms with Crippen LogP contribution >= 0.6 is 0 Å². The highest BCUT2D eigenvalue weighted by molar-refractivity contribution is 5.30. The van der Waals surface area contributed by atoms with Crippen molar-refractivity contribution in [1.82, 2.24) is 0 Å². The van der Waals surface area contributed by atoms with E-state index in [4.69, 9.17) is 10.2 Å². The molecule has 2 nitrogen and oxygen atoms in total. The van der Waals surface area contributed by atoms with E-state index in [1.54, 1.807) is 12.1 Å². The number of phenols is 1. The van der Waals surface area contributed by atoms with Crippen LogP contribution in [0.4, 0.5) is 0 Å². The van der Waals surface area contributed by atoms with Crippen molar-refractivity contribution in [3.05, 3.63) is 29.8 Å². The van der Waals surface area contributed by atoms with Crippen LogP contribution in [0.1, 0.15) is 25.8 Å². The molecule has 0 saturated carbocycles. The summed E-state index contributed by atoms with van der Waals surface area (Å²) >= 11 is 0. The third kappa shape index (κ3) is 2.46. The number of aliphatic hydroxyl groups excluding tert-OH is 1. The first-order valence-electron chi connectivity index (χ1n) is 4.46. The van der Waals surface area contributed by atoms with Crippen LogP contribution < -0.4 is 0 Å². The average molecular weight is 180 g/mol. The van der Waals surface area contributed by atoms with Gasteiger partial charge in [-0.3, -0.25) is 0 Å². The summed E-state index contributed by atoms with van der Waals surface area (Å²) in [6, 6.07) is 7.14. The first-order chi connectivity index (χ1) is 6.06. The Hall–Kier alpha value is -1.02. The summed E-state index contributed by atoms with van der Waals surface area (Å²) < 4.78 is 0. The van der Waals surface area contributed by atoms with E-state index in [-0.39, 0.29) is 17.8 Å². The highest BCUT2D eigenvalue weighted by Gasteiger charge is 2.19. The van der Waals surface area contributed by atoms with Crippen molar-refractivity contribution in [3.8, 4) is 5.75 Å². The smallest absolute Gasteiger partial charge is 0.115 e. The summed E-state index contributed by atoms with van der Waals surface area (Å²) in [5.74, 6) is 0.281. The van der Waals surface area contributed by atoms with Gasteiger partial charge < -0.3 is 10.2 Å². The van der Waals surface area contributed by atoms with Crippen LogP contribution in [0.5, 0.6) is 5.75 Å². The number of benzene rings is 1. The van der Waals surface area contributed by atoms with Crippen molar-refractivity contribution in [2.24, 2.45) is 0 Å². The molecule has 0 bridgehead atoms. The summed E-state index contributed by atoms with van der Waals surface area (Å²) in [6.45, 7) is 4.35. The van der Waals surface area contributed by atoms with Gasteiger partial charge in [0.2, 0.25) is 0 Å². The van der Waals surface area contributed by atoms with Crippen LogP contribution in [0.25, 0.3) is 0 Å². The Kier molecular flexibility index (Phi) is 2.94. The maximum Gasteiger partial charge on any atom is 0.115 e. The molecule has 0 heterocycles. The molecule has 72 valence electrons. The summed E-state index contributed by atoms with van der Waals surface area (Å²) in [4.78, 5) is 0. The van der Waals surface area contributed by atoms with Crippen LogP contribution in [0.15, 0.2) is 24.3 Å². The quantitative estimate of drug-likeness (QED) is 0.747. The van der Waals surface area contributed by atoms with E-state index in [1.807, 2.05) is 12.1 Å². The second kappa shape index (κ2) is 3.79. The van der Waals surface area contributed by atoms with E-state index in [9.17, 15) is 0 Å². The highest BCUT2D eigenvalue weighted by Crippen LogP contribution is 2.27. The van der Waals surface area contributed by atoms with Gasteiger partial charge in [0, 0.05) is 6.61 Å². The van der Waals surface area contributed by atoms with Crippen molar-refractivity contribution in [1.29, 1.82) is 0 Å². The molecule has 0 saturated heterocycles. The van der Waals surface area contributed by atoms with Crippen molar-refractivity contribution >= 4 is 0 Å². The molecule has 0 aliphatic rings. The van der Waals surface area contributed by atoms with E-state index < -0.39 is 0 Å². The number of hydrogen-bond donors (Lipinski definition) is 2. The molecule has 2 heteroatoms. The van der Waals surface area contributed by atoms with E-state index in [0.717, 1.165) is 12.0 Å². The van der Waals surface area contributed by atoms with Gasteiger partial charge in [-0.2, -0.15) is 0 Å². The first-order valence-corrected chi connectivity index (χ1v) is 4.46. The van der Waals surface area contributed by atoms with Crippen LogP contribution in [0.3, 0.4) is 0 Å². The Morgan fingerprint density at radius 3 is 2.15 bits per heavy atom.